The van der Waals surface area contributed by atoms with Crippen molar-refractivity contribution in [3.8, 4) is 0 Å². The first-order chi connectivity index (χ1) is 20.8. The van der Waals surface area contributed by atoms with Crippen molar-refractivity contribution in [1.82, 2.24) is 9.55 Å². The number of ketones is 1. The Hall–Kier alpha value is -5.54. The lowest BCUT2D eigenvalue weighted by Crippen LogP contribution is -2.36. The van der Waals surface area contributed by atoms with Crippen LogP contribution >= 0.6 is 0 Å². The molecular weight excluding hydrogens is 512 g/mol. The monoisotopic (exact) mass is 542 g/mol. The van der Waals surface area contributed by atoms with Gasteiger partial charge in [0, 0.05) is 17.3 Å². The van der Waals surface area contributed by atoms with Crippen LogP contribution in [-0.2, 0) is 5.54 Å². The van der Waals surface area contributed by atoms with E-state index in [4.69, 9.17) is 4.98 Å². The van der Waals surface area contributed by atoms with Crippen LogP contribution in [0.25, 0.3) is 5.57 Å². The average molecular weight is 543 g/mol. The zero-order chi connectivity index (χ0) is 28.6. The largest absolute Gasteiger partial charge is 0.318 e. The molecule has 3 nitrogen and oxygen atoms in total. The molecule has 0 spiro atoms. The van der Waals surface area contributed by atoms with Gasteiger partial charge in [-0.25, -0.2) is 4.98 Å². The number of benzene rings is 5. The summed E-state index contributed by atoms with van der Waals surface area (Å²) in [5, 5.41) is 0. The number of carbonyl (C=O) groups is 1. The van der Waals surface area contributed by atoms with Crippen LogP contribution < -0.4 is 0 Å². The summed E-state index contributed by atoms with van der Waals surface area (Å²) in [6.07, 6.45) is 9.42. The molecule has 0 bridgehead atoms. The van der Waals surface area contributed by atoms with E-state index in [1.807, 2.05) is 85.2 Å². The normalized spacial score (nSPS) is 12.0. The lowest BCUT2D eigenvalue weighted by atomic mass is 9.76. The third-order valence-electron chi connectivity index (χ3n) is 7.47. The highest BCUT2D eigenvalue weighted by Gasteiger charge is 2.38. The summed E-state index contributed by atoms with van der Waals surface area (Å²) in [5.74, 6) is -0.0407. The van der Waals surface area contributed by atoms with Crippen molar-refractivity contribution in [3.05, 3.63) is 216 Å². The fourth-order valence-corrected chi connectivity index (χ4v) is 5.51. The molecule has 0 fully saturated rings. The maximum absolute atomic E-state index is 12.8. The smallest absolute Gasteiger partial charge is 0.185 e. The van der Waals surface area contributed by atoms with Gasteiger partial charge in [-0.15, -0.1) is 0 Å². The van der Waals surface area contributed by atoms with Gasteiger partial charge in [0.15, 0.2) is 5.78 Å². The van der Waals surface area contributed by atoms with Gasteiger partial charge in [0.2, 0.25) is 0 Å². The van der Waals surface area contributed by atoms with Crippen LogP contribution in [-0.4, -0.2) is 15.3 Å². The molecule has 6 aromatic rings. The van der Waals surface area contributed by atoms with Crippen molar-refractivity contribution in [2.45, 2.75) is 5.54 Å². The van der Waals surface area contributed by atoms with Gasteiger partial charge < -0.3 is 4.57 Å². The molecule has 0 saturated carbocycles. The summed E-state index contributed by atoms with van der Waals surface area (Å²) in [6.45, 7) is 0. The predicted molar refractivity (Wildman–Crippen MR) is 170 cm³/mol. The number of rotatable bonds is 9. The minimum Gasteiger partial charge on any atom is -0.318 e. The van der Waals surface area contributed by atoms with Gasteiger partial charge in [0.1, 0.15) is 5.54 Å². The SMILES string of the molecule is O=C(/C=C/C=C(/c1ccccc1)c1cn(C(c2ccccc2)(c2ccccc2)c2ccccc2)cn1)c1ccccc1. The van der Waals surface area contributed by atoms with Crippen LogP contribution in [0.2, 0.25) is 0 Å². The molecule has 0 radical (unpaired) electrons. The number of imidazole rings is 1. The van der Waals surface area contributed by atoms with Crippen LogP contribution in [0, 0.1) is 0 Å². The van der Waals surface area contributed by atoms with E-state index in [0.29, 0.717) is 5.56 Å². The van der Waals surface area contributed by atoms with Crippen molar-refractivity contribution in [1.29, 1.82) is 0 Å². The van der Waals surface area contributed by atoms with Crippen LogP contribution in [0.15, 0.2) is 182 Å². The minimum absolute atomic E-state index is 0.0407. The van der Waals surface area contributed by atoms with E-state index in [9.17, 15) is 4.79 Å². The van der Waals surface area contributed by atoms with E-state index in [-0.39, 0.29) is 5.78 Å². The highest BCUT2D eigenvalue weighted by molar-refractivity contribution is 6.04. The standard InChI is InChI=1S/C39H30N2O/c42-38(32-19-8-2-9-20-32)28-16-27-36(31-17-6-1-7-18-31)37-29-41(30-40-37)39(33-21-10-3-11-22-33,34-23-12-4-13-24-34)35-25-14-5-15-26-35/h1-30H/b28-16+,36-27-. The molecule has 1 aromatic heterocycles. The number of hydrogen-bond donors (Lipinski definition) is 0. The van der Waals surface area contributed by atoms with Crippen molar-refractivity contribution in [2.75, 3.05) is 0 Å². The second kappa shape index (κ2) is 12.3. The lowest BCUT2D eigenvalue weighted by molar-refractivity contribution is 0.104. The Kier molecular flexibility index (Phi) is 7.82. The fraction of sp³-hybridized carbons (Fsp3) is 0.0256. The van der Waals surface area contributed by atoms with Gasteiger partial charge in [-0.05, 0) is 28.3 Å². The van der Waals surface area contributed by atoms with E-state index in [1.54, 1.807) is 6.08 Å². The summed E-state index contributed by atoms with van der Waals surface area (Å²) in [7, 11) is 0. The Balaban J connectivity index is 1.51. The third kappa shape index (κ3) is 5.28. The summed E-state index contributed by atoms with van der Waals surface area (Å²) in [4.78, 5) is 17.7. The van der Waals surface area contributed by atoms with E-state index in [1.165, 1.54) is 0 Å². The number of allylic oxidation sites excluding steroid dienone is 3. The van der Waals surface area contributed by atoms with E-state index in [2.05, 4.69) is 95.7 Å². The van der Waals surface area contributed by atoms with Crippen molar-refractivity contribution < 1.29 is 4.79 Å². The highest BCUT2D eigenvalue weighted by atomic mass is 16.1. The van der Waals surface area contributed by atoms with Crippen LogP contribution in [0.3, 0.4) is 0 Å². The van der Waals surface area contributed by atoms with E-state index < -0.39 is 5.54 Å². The van der Waals surface area contributed by atoms with Gasteiger partial charge in [0.05, 0.1) is 12.0 Å². The molecule has 0 N–H and O–H groups in total. The zero-order valence-corrected chi connectivity index (χ0v) is 23.1. The summed E-state index contributed by atoms with van der Waals surface area (Å²) >= 11 is 0. The quantitative estimate of drug-likeness (QED) is 0.0794. The molecule has 0 aliphatic carbocycles. The highest BCUT2D eigenvalue weighted by Crippen LogP contribution is 2.41. The number of aromatic nitrogens is 2. The predicted octanol–water partition coefficient (Wildman–Crippen LogP) is 8.59. The molecule has 202 valence electrons. The van der Waals surface area contributed by atoms with Crippen LogP contribution in [0.5, 0.6) is 0 Å². The third-order valence-corrected chi connectivity index (χ3v) is 7.47. The maximum Gasteiger partial charge on any atom is 0.185 e. The van der Waals surface area contributed by atoms with Gasteiger partial charge in [-0.1, -0.05) is 164 Å². The molecule has 0 unspecified atom stereocenters. The zero-order valence-electron chi connectivity index (χ0n) is 23.1. The minimum atomic E-state index is -0.657. The molecule has 0 atom stereocenters. The molecule has 0 aliphatic rings. The Morgan fingerprint density at radius 3 is 1.48 bits per heavy atom. The lowest BCUT2D eigenvalue weighted by Gasteiger charge is -2.37. The molecule has 3 heteroatoms. The molecule has 42 heavy (non-hydrogen) atoms. The molecule has 0 saturated heterocycles. The van der Waals surface area contributed by atoms with Crippen molar-refractivity contribution in [2.24, 2.45) is 0 Å². The number of carbonyl (C=O) groups excluding carboxylic acids is 1. The molecular formula is C39H30N2O. The van der Waals surface area contributed by atoms with Crippen LogP contribution in [0.4, 0.5) is 0 Å². The van der Waals surface area contributed by atoms with E-state index in [0.717, 1.165) is 33.5 Å². The maximum atomic E-state index is 12.8. The van der Waals surface area contributed by atoms with Gasteiger partial charge in [-0.2, -0.15) is 0 Å². The second-order valence-electron chi connectivity index (χ2n) is 10.0. The first-order valence-corrected chi connectivity index (χ1v) is 14.0. The van der Waals surface area contributed by atoms with E-state index >= 15 is 0 Å². The summed E-state index contributed by atoms with van der Waals surface area (Å²) in [5.41, 5.74) is 6.14. The Morgan fingerprint density at radius 1 is 0.571 bits per heavy atom. The molecule has 0 amide bonds. The topological polar surface area (TPSA) is 34.9 Å². The summed E-state index contributed by atoms with van der Waals surface area (Å²) < 4.78 is 2.21. The Labute approximate surface area is 246 Å². The van der Waals surface area contributed by atoms with Crippen molar-refractivity contribution in [3.63, 3.8) is 0 Å². The second-order valence-corrected chi connectivity index (χ2v) is 10.0. The van der Waals surface area contributed by atoms with Crippen molar-refractivity contribution >= 4 is 11.4 Å². The Morgan fingerprint density at radius 2 is 1.00 bits per heavy atom. The number of nitrogens with zero attached hydrogens (tertiary/aromatic N) is 2. The molecule has 6 rings (SSSR count). The Bertz CT molecular complexity index is 1710. The average Bonchev–Trinajstić information content (AvgIpc) is 3.56. The number of hydrogen-bond acceptors (Lipinski definition) is 2. The van der Waals surface area contributed by atoms with Gasteiger partial charge in [0.25, 0.3) is 0 Å². The van der Waals surface area contributed by atoms with Gasteiger partial charge >= 0.3 is 0 Å². The molecule has 5 aromatic carbocycles. The molecule has 1 heterocycles. The molecule has 0 aliphatic heterocycles. The first-order valence-electron chi connectivity index (χ1n) is 14.0. The fourth-order valence-electron chi connectivity index (χ4n) is 5.51. The van der Waals surface area contributed by atoms with Crippen LogP contribution in [0.1, 0.15) is 38.3 Å². The van der Waals surface area contributed by atoms with Gasteiger partial charge in [-0.3, -0.25) is 4.79 Å². The first kappa shape index (κ1) is 26.7. The summed E-state index contributed by atoms with van der Waals surface area (Å²) in [6, 6.07) is 51.1.